The van der Waals surface area contributed by atoms with E-state index in [4.69, 9.17) is 4.42 Å². The number of oxazole rings is 1. The normalized spacial score (nSPS) is 13.8. The number of carbonyl (C=O) groups excluding carboxylic acids is 2. The number of ketones is 2. The lowest BCUT2D eigenvalue weighted by Crippen LogP contribution is -2.09. The highest BCUT2D eigenvalue weighted by atomic mass is 79.9. The largest absolute Gasteiger partial charge is 0.432 e. The number of fused-ring (bicyclic) bond motifs is 1. The quantitative estimate of drug-likeness (QED) is 0.809. The van der Waals surface area contributed by atoms with E-state index in [1.165, 1.54) is 12.2 Å². The smallest absolute Gasteiger partial charge is 0.227 e. The van der Waals surface area contributed by atoms with Crippen LogP contribution in [0.4, 0.5) is 0 Å². The Morgan fingerprint density at radius 1 is 1.16 bits per heavy atom. The standard InChI is InChI=1S/C14H8BrNO3/c1-7-6-8(2-3-9(7)15)14-16-12-10(17)4-5-11(18)13(12)19-14/h2-6H,1H3. The first-order chi connectivity index (χ1) is 9.06. The van der Waals surface area contributed by atoms with Gasteiger partial charge in [0.15, 0.2) is 5.69 Å². The van der Waals surface area contributed by atoms with Gasteiger partial charge in [0, 0.05) is 10.0 Å². The van der Waals surface area contributed by atoms with Crippen molar-refractivity contribution < 1.29 is 14.0 Å². The van der Waals surface area contributed by atoms with Gasteiger partial charge < -0.3 is 4.42 Å². The Morgan fingerprint density at radius 3 is 2.58 bits per heavy atom. The van der Waals surface area contributed by atoms with Gasteiger partial charge in [-0.1, -0.05) is 15.9 Å². The number of aromatic nitrogens is 1. The predicted molar refractivity (Wildman–Crippen MR) is 72.2 cm³/mol. The fourth-order valence-electron chi connectivity index (χ4n) is 1.86. The molecule has 0 spiro atoms. The molecule has 94 valence electrons. The molecule has 5 heteroatoms. The maximum atomic E-state index is 11.6. The van der Waals surface area contributed by atoms with Gasteiger partial charge in [0.1, 0.15) is 0 Å². The van der Waals surface area contributed by atoms with Crippen LogP contribution in [-0.2, 0) is 0 Å². The molecule has 4 nitrogen and oxygen atoms in total. The van der Waals surface area contributed by atoms with Gasteiger partial charge in [0.05, 0.1) is 0 Å². The van der Waals surface area contributed by atoms with E-state index in [1.807, 2.05) is 25.1 Å². The molecule has 0 saturated carbocycles. The summed E-state index contributed by atoms with van der Waals surface area (Å²) in [5.41, 5.74) is 1.84. The molecule has 1 aliphatic carbocycles. The predicted octanol–water partition coefficient (Wildman–Crippen LogP) is 3.35. The molecule has 0 radical (unpaired) electrons. The van der Waals surface area contributed by atoms with Crippen LogP contribution < -0.4 is 0 Å². The lowest BCUT2D eigenvalue weighted by molar-refractivity contribution is 0.0974. The molecule has 1 aromatic carbocycles. The molecule has 2 aromatic rings. The highest BCUT2D eigenvalue weighted by Gasteiger charge is 2.26. The number of hydrogen-bond acceptors (Lipinski definition) is 4. The van der Waals surface area contributed by atoms with Crippen molar-refractivity contribution in [3.05, 3.63) is 51.8 Å². The number of rotatable bonds is 1. The number of hydrogen-bond donors (Lipinski definition) is 0. The monoisotopic (exact) mass is 317 g/mol. The SMILES string of the molecule is Cc1cc(-c2nc3c(o2)C(=O)C=CC3=O)ccc1Br. The highest BCUT2D eigenvalue weighted by Crippen LogP contribution is 2.28. The van der Waals surface area contributed by atoms with E-state index in [9.17, 15) is 9.59 Å². The number of allylic oxidation sites excluding steroid dienone is 2. The van der Waals surface area contributed by atoms with Crippen molar-refractivity contribution in [1.82, 2.24) is 4.98 Å². The first-order valence-corrected chi connectivity index (χ1v) is 6.39. The molecule has 1 heterocycles. The van der Waals surface area contributed by atoms with Gasteiger partial charge in [-0.3, -0.25) is 9.59 Å². The van der Waals surface area contributed by atoms with Gasteiger partial charge in [-0.25, -0.2) is 4.98 Å². The van der Waals surface area contributed by atoms with Crippen molar-refractivity contribution in [2.24, 2.45) is 0 Å². The van der Waals surface area contributed by atoms with E-state index in [2.05, 4.69) is 20.9 Å². The molecule has 0 bridgehead atoms. The topological polar surface area (TPSA) is 60.2 Å². The second-order valence-electron chi connectivity index (χ2n) is 4.22. The minimum absolute atomic E-state index is 0.0167. The van der Waals surface area contributed by atoms with Crippen LogP contribution in [0.5, 0.6) is 0 Å². The molecular weight excluding hydrogens is 310 g/mol. The van der Waals surface area contributed by atoms with Crippen LogP contribution >= 0.6 is 15.9 Å². The summed E-state index contributed by atoms with van der Waals surface area (Å²) in [5, 5.41) is 0. The Balaban J connectivity index is 2.13. The van der Waals surface area contributed by atoms with Crippen molar-refractivity contribution in [2.75, 3.05) is 0 Å². The molecule has 0 aliphatic heterocycles. The lowest BCUT2D eigenvalue weighted by Gasteiger charge is -2.00. The van der Waals surface area contributed by atoms with Gasteiger partial charge in [-0.15, -0.1) is 0 Å². The van der Waals surface area contributed by atoms with Crippen LogP contribution in [0.15, 0.2) is 39.2 Å². The summed E-state index contributed by atoms with van der Waals surface area (Å²) >= 11 is 3.41. The number of aryl methyl sites for hydroxylation is 1. The summed E-state index contributed by atoms with van der Waals surface area (Å²) in [6.45, 7) is 1.94. The zero-order valence-corrected chi connectivity index (χ0v) is 11.5. The number of halogens is 1. The first-order valence-electron chi connectivity index (χ1n) is 5.60. The van der Waals surface area contributed by atoms with Crippen LogP contribution in [-0.4, -0.2) is 16.6 Å². The van der Waals surface area contributed by atoms with Crippen molar-refractivity contribution >= 4 is 27.5 Å². The Morgan fingerprint density at radius 2 is 1.89 bits per heavy atom. The average molecular weight is 318 g/mol. The molecular formula is C14H8BrNO3. The summed E-state index contributed by atoms with van der Waals surface area (Å²) < 4.78 is 6.40. The highest BCUT2D eigenvalue weighted by molar-refractivity contribution is 9.10. The van der Waals surface area contributed by atoms with Crippen molar-refractivity contribution in [2.45, 2.75) is 6.92 Å². The zero-order chi connectivity index (χ0) is 13.6. The van der Waals surface area contributed by atoms with Crippen molar-refractivity contribution in [1.29, 1.82) is 0 Å². The summed E-state index contributed by atoms with van der Waals surface area (Å²) in [4.78, 5) is 27.4. The van der Waals surface area contributed by atoms with Crippen LogP contribution in [0.3, 0.4) is 0 Å². The van der Waals surface area contributed by atoms with Gasteiger partial charge in [-0.2, -0.15) is 0 Å². The molecule has 0 unspecified atom stereocenters. The maximum absolute atomic E-state index is 11.6. The zero-order valence-electron chi connectivity index (χ0n) is 9.94. The Bertz CT molecular complexity index is 708. The molecule has 1 aliphatic rings. The van der Waals surface area contributed by atoms with Crippen molar-refractivity contribution in [3.63, 3.8) is 0 Å². The van der Waals surface area contributed by atoms with Gasteiger partial charge in [-0.05, 0) is 42.8 Å². The minimum atomic E-state index is -0.331. The van der Waals surface area contributed by atoms with Crippen LogP contribution in [0, 0.1) is 6.92 Å². The third-order valence-corrected chi connectivity index (χ3v) is 3.77. The first kappa shape index (κ1) is 12.0. The van der Waals surface area contributed by atoms with E-state index in [0.717, 1.165) is 15.6 Å². The summed E-state index contributed by atoms with van der Waals surface area (Å²) in [6.07, 6.45) is 2.41. The van der Waals surface area contributed by atoms with Crippen LogP contribution in [0.2, 0.25) is 0 Å². The van der Waals surface area contributed by atoms with Crippen LogP contribution in [0.1, 0.15) is 26.6 Å². The Hall–Kier alpha value is -2.01. The molecule has 0 atom stereocenters. The van der Waals surface area contributed by atoms with Crippen LogP contribution in [0.25, 0.3) is 11.5 Å². The summed E-state index contributed by atoms with van der Waals surface area (Å²) in [5.74, 6) is -0.338. The Labute approximate surface area is 117 Å². The lowest BCUT2D eigenvalue weighted by atomic mass is 10.1. The number of nitrogens with zero attached hydrogens (tertiary/aromatic N) is 1. The average Bonchev–Trinajstić information content (AvgIpc) is 2.83. The van der Waals surface area contributed by atoms with E-state index >= 15 is 0 Å². The van der Waals surface area contributed by atoms with Gasteiger partial charge in [0.2, 0.25) is 23.2 Å². The maximum Gasteiger partial charge on any atom is 0.227 e. The second kappa shape index (κ2) is 4.28. The van der Waals surface area contributed by atoms with E-state index in [0.29, 0.717) is 0 Å². The molecule has 0 saturated heterocycles. The molecule has 0 amide bonds. The fraction of sp³-hybridized carbons (Fsp3) is 0.0714. The summed E-state index contributed by atoms with van der Waals surface area (Å²) in [6, 6.07) is 5.57. The summed E-state index contributed by atoms with van der Waals surface area (Å²) in [7, 11) is 0. The number of carbonyl (C=O) groups is 2. The number of benzene rings is 1. The minimum Gasteiger partial charge on any atom is -0.432 e. The molecule has 0 fully saturated rings. The molecule has 19 heavy (non-hydrogen) atoms. The third kappa shape index (κ3) is 1.96. The fourth-order valence-corrected chi connectivity index (χ4v) is 2.11. The third-order valence-electron chi connectivity index (χ3n) is 2.88. The molecule has 1 aromatic heterocycles. The second-order valence-corrected chi connectivity index (χ2v) is 5.08. The van der Waals surface area contributed by atoms with E-state index in [-0.39, 0.29) is 28.9 Å². The van der Waals surface area contributed by atoms with Crippen molar-refractivity contribution in [3.8, 4) is 11.5 Å². The van der Waals surface area contributed by atoms with Gasteiger partial charge >= 0.3 is 0 Å². The molecule has 0 N–H and O–H groups in total. The Kier molecular flexibility index (Phi) is 2.71. The van der Waals surface area contributed by atoms with E-state index in [1.54, 1.807) is 0 Å². The van der Waals surface area contributed by atoms with Gasteiger partial charge in [0.25, 0.3) is 0 Å². The van der Waals surface area contributed by atoms with E-state index < -0.39 is 0 Å². The molecule has 3 rings (SSSR count).